The fourth-order valence-electron chi connectivity index (χ4n) is 3.45. The summed E-state index contributed by atoms with van der Waals surface area (Å²) in [6, 6.07) is 8.32. The Kier molecular flexibility index (Phi) is 5.51. The summed E-state index contributed by atoms with van der Waals surface area (Å²) in [4.78, 5) is 17.0. The van der Waals surface area contributed by atoms with Crippen molar-refractivity contribution >= 4 is 5.91 Å². The summed E-state index contributed by atoms with van der Waals surface area (Å²) in [5.41, 5.74) is 1.29. The summed E-state index contributed by atoms with van der Waals surface area (Å²) in [7, 11) is 1.69. The van der Waals surface area contributed by atoms with Crippen molar-refractivity contribution in [3.63, 3.8) is 0 Å². The molecule has 1 aromatic carbocycles. The first-order valence-electron chi connectivity index (χ1n) is 8.64. The average Bonchev–Trinajstić information content (AvgIpc) is 3.02. The molecule has 0 spiro atoms. The minimum Gasteiger partial charge on any atom is -0.497 e. The second kappa shape index (κ2) is 7.79. The van der Waals surface area contributed by atoms with E-state index in [4.69, 9.17) is 4.74 Å². The van der Waals surface area contributed by atoms with Crippen molar-refractivity contribution in [2.24, 2.45) is 0 Å². The van der Waals surface area contributed by atoms with Crippen molar-refractivity contribution in [2.75, 3.05) is 39.8 Å². The third-order valence-corrected chi connectivity index (χ3v) is 4.82. The van der Waals surface area contributed by atoms with Crippen LogP contribution in [0.2, 0.25) is 0 Å². The molecule has 126 valence electrons. The highest BCUT2D eigenvalue weighted by atomic mass is 16.5. The molecule has 2 aliphatic rings. The van der Waals surface area contributed by atoms with Gasteiger partial charge in [0, 0.05) is 32.7 Å². The predicted molar refractivity (Wildman–Crippen MR) is 90.5 cm³/mol. The third kappa shape index (κ3) is 4.24. The lowest BCUT2D eigenvalue weighted by molar-refractivity contribution is -0.132. The average molecular weight is 317 g/mol. The van der Waals surface area contributed by atoms with Crippen molar-refractivity contribution < 1.29 is 9.53 Å². The van der Waals surface area contributed by atoms with Crippen LogP contribution in [-0.2, 0) is 11.3 Å². The number of ether oxygens (including phenoxy) is 1. The summed E-state index contributed by atoms with van der Waals surface area (Å²) in [5.74, 6) is 1.19. The normalized spacial score (nSPS) is 22.8. The molecule has 0 aromatic heterocycles. The van der Waals surface area contributed by atoms with Crippen LogP contribution in [0.25, 0.3) is 0 Å². The highest BCUT2D eigenvalue weighted by Crippen LogP contribution is 2.15. The van der Waals surface area contributed by atoms with Gasteiger partial charge in [0.25, 0.3) is 0 Å². The van der Waals surface area contributed by atoms with Crippen LogP contribution in [0, 0.1) is 0 Å². The van der Waals surface area contributed by atoms with Gasteiger partial charge in [-0.3, -0.25) is 9.69 Å². The fourth-order valence-corrected chi connectivity index (χ4v) is 3.45. The largest absolute Gasteiger partial charge is 0.497 e. The van der Waals surface area contributed by atoms with E-state index in [0.29, 0.717) is 5.91 Å². The molecule has 1 unspecified atom stereocenters. The molecule has 2 aliphatic heterocycles. The van der Waals surface area contributed by atoms with Crippen LogP contribution >= 0.6 is 0 Å². The summed E-state index contributed by atoms with van der Waals surface area (Å²) >= 11 is 0. The Bertz CT molecular complexity index is 512. The molecule has 0 radical (unpaired) electrons. The number of methoxy groups -OCH3 is 1. The first kappa shape index (κ1) is 16.3. The number of carbonyl (C=O) groups is 1. The molecule has 1 amide bonds. The van der Waals surface area contributed by atoms with E-state index < -0.39 is 0 Å². The van der Waals surface area contributed by atoms with Crippen molar-refractivity contribution in [1.82, 2.24) is 15.1 Å². The molecule has 5 nitrogen and oxygen atoms in total. The van der Waals surface area contributed by atoms with Gasteiger partial charge in [0.2, 0.25) is 5.91 Å². The van der Waals surface area contributed by atoms with Gasteiger partial charge in [-0.25, -0.2) is 0 Å². The number of nitrogens with one attached hydrogen (secondary N) is 1. The number of amides is 1. The predicted octanol–water partition coefficient (Wildman–Crippen LogP) is 1.48. The van der Waals surface area contributed by atoms with Crippen LogP contribution in [0.5, 0.6) is 5.75 Å². The van der Waals surface area contributed by atoms with Gasteiger partial charge in [0.05, 0.1) is 13.2 Å². The molecule has 0 aliphatic carbocycles. The van der Waals surface area contributed by atoms with E-state index in [2.05, 4.69) is 27.2 Å². The van der Waals surface area contributed by atoms with E-state index in [1.165, 1.54) is 5.56 Å². The Morgan fingerprint density at radius 1 is 1.17 bits per heavy atom. The van der Waals surface area contributed by atoms with Crippen molar-refractivity contribution in [3.8, 4) is 5.75 Å². The summed E-state index contributed by atoms with van der Waals surface area (Å²) in [5, 5.41) is 3.32. The molecule has 2 heterocycles. The molecular weight excluding hydrogens is 290 g/mol. The van der Waals surface area contributed by atoms with Gasteiger partial charge in [-0.2, -0.15) is 0 Å². The number of hydrogen-bond acceptors (Lipinski definition) is 4. The SMILES string of the molecule is COc1ccc(CN2CCCN(C(=O)C3CCCN3)CC2)cc1. The third-order valence-electron chi connectivity index (χ3n) is 4.82. The highest BCUT2D eigenvalue weighted by molar-refractivity contribution is 5.82. The number of benzene rings is 1. The first-order valence-corrected chi connectivity index (χ1v) is 8.64. The molecule has 1 aromatic rings. The summed E-state index contributed by atoms with van der Waals surface area (Å²) in [6.45, 7) is 5.64. The zero-order chi connectivity index (χ0) is 16.1. The molecule has 1 atom stereocenters. The maximum atomic E-state index is 12.5. The molecule has 2 saturated heterocycles. The van der Waals surface area contributed by atoms with Gasteiger partial charge in [-0.05, 0) is 43.5 Å². The number of hydrogen-bond donors (Lipinski definition) is 1. The Hall–Kier alpha value is -1.59. The molecule has 3 rings (SSSR count). The molecule has 5 heteroatoms. The quantitative estimate of drug-likeness (QED) is 0.914. The van der Waals surface area contributed by atoms with Crippen LogP contribution < -0.4 is 10.1 Å². The molecular formula is C18H27N3O2. The van der Waals surface area contributed by atoms with Crippen LogP contribution in [0.1, 0.15) is 24.8 Å². The van der Waals surface area contributed by atoms with E-state index in [-0.39, 0.29) is 6.04 Å². The van der Waals surface area contributed by atoms with Gasteiger partial charge in [0.1, 0.15) is 5.75 Å². The Labute approximate surface area is 138 Å². The zero-order valence-electron chi connectivity index (χ0n) is 14.0. The maximum Gasteiger partial charge on any atom is 0.239 e. The van der Waals surface area contributed by atoms with Crippen molar-refractivity contribution in [3.05, 3.63) is 29.8 Å². The number of rotatable bonds is 4. The van der Waals surface area contributed by atoms with Crippen LogP contribution in [0.4, 0.5) is 0 Å². The van der Waals surface area contributed by atoms with Gasteiger partial charge in [-0.15, -0.1) is 0 Å². The van der Waals surface area contributed by atoms with E-state index in [0.717, 1.165) is 64.3 Å². The summed E-state index contributed by atoms with van der Waals surface area (Å²) in [6.07, 6.45) is 3.16. The molecule has 0 saturated carbocycles. The molecule has 1 N–H and O–H groups in total. The highest BCUT2D eigenvalue weighted by Gasteiger charge is 2.28. The lowest BCUT2D eigenvalue weighted by Gasteiger charge is -2.24. The maximum absolute atomic E-state index is 12.5. The minimum absolute atomic E-state index is 0.0585. The zero-order valence-corrected chi connectivity index (χ0v) is 14.0. The standard InChI is InChI=1S/C18H27N3O2/c1-23-16-7-5-15(6-8-16)14-20-10-3-11-21(13-12-20)18(22)17-4-2-9-19-17/h5-8,17,19H,2-4,9-14H2,1H3. The van der Waals surface area contributed by atoms with Gasteiger partial charge < -0.3 is 15.0 Å². The Morgan fingerprint density at radius 2 is 2.00 bits per heavy atom. The van der Waals surface area contributed by atoms with Gasteiger partial charge in [0.15, 0.2) is 0 Å². The van der Waals surface area contributed by atoms with Crippen LogP contribution in [-0.4, -0.2) is 61.6 Å². The minimum atomic E-state index is 0.0585. The van der Waals surface area contributed by atoms with Gasteiger partial charge in [-0.1, -0.05) is 12.1 Å². The first-order chi connectivity index (χ1) is 11.3. The Morgan fingerprint density at radius 3 is 2.70 bits per heavy atom. The topological polar surface area (TPSA) is 44.8 Å². The van der Waals surface area contributed by atoms with E-state index in [1.807, 2.05) is 12.1 Å². The van der Waals surface area contributed by atoms with E-state index in [9.17, 15) is 4.79 Å². The summed E-state index contributed by atoms with van der Waals surface area (Å²) < 4.78 is 5.20. The second-order valence-corrected chi connectivity index (χ2v) is 6.45. The number of nitrogens with zero attached hydrogens (tertiary/aromatic N) is 2. The smallest absolute Gasteiger partial charge is 0.239 e. The lowest BCUT2D eigenvalue weighted by atomic mass is 10.2. The monoisotopic (exact) mass is 317 g/mol. The van der Waals surface area contributed by atoms with Crippen LogP contribution in [0.3, 0.4) is 0 Å². The van der Waals surface area contributed by atoms with Crippen LogP contribution in [0.15, 0.2) is 24.3 Å². The number of carbonyl (C=O) groups excluding carboxylic acids is 1. The Balaban J connectivity index is 1.52. The van der Waals surface area contributed by atoms with Crippen molar-refractivity contribution in [2.45, 2.75) is 31.8 Å². The van der Waals surface area contributed by atoms with Crippen molar-refractivity contribution in [1.29, 1.82) is 0 Å². The molecule has 0 bridgehead atoms. The fraction of sp³-hybridized carbons (Fsp3) is 0.611. The van der Waals surface area contributed by atoms with Gasteiger partial charge >= 0.3 is 0 Å². The van der Waals surface area contributed by atoms with E-state index in [1.54, 1.807) is 7.11 Å². The van der Waals surface area contributed by atoms with E-state index >= 15 is 0 Å². The lowest BCUT2D eigenvalue weighted by Crippen LogP contribution is -2.45. The molecule has 23 heavy (non-hydrogen) atoms. The second-order valence-electron chi connectivity index (χ2n) is 6.45. The molecule has 2 fully saturated rings.